The third-order valence-corrected chi connectivity index (χ3v) is 3.70. The van der Waals surface area contributed by atoms with E-state index in [4.69, 9.17) is 0 Å². The highest BCUT2D eigenvalue weighted by atomic mass is 14.2. The number of hydrogen-bond donors (Lipinski definition) is 0. The van der Waals surface area contributed by atoms with Crippen molar-refractivity contribution in [3.05, 3.63) is 22.8 Å². The fourth-order valence-electron chi connectivity index (χ4n) is 2.44. The molecule has 0 aromatic carbocycles. The highest BCUT2D eigenvalue weighted by Gasteiger charge is 2.13. The normalized spacial score (nSPS) is 15.5. The van der Waals surface area contributed by atoms with Crippen LogP contribution in [-0.4, -0.2) is 0 Å². The number of allylic oxidation sites excluding steroid dienone is 4. The summed E-state index contributed by atoms with van der Waals surface area (Å²) in [6.45, 7) is 15.4. The molecule has 0 aliphatic heterocycles. The molecule has 0 unspecified atom stereocenters. The van der Waals surface area contributed by atoms with Gasteiger partial charge in [0.2, 0.25) is 0 Å². The first-order chi connectivity index (χ1) is 10.1. The molecule has 0 nitrogen and oxygen atoms in total. The SMILES string of the molecule is C/C=C1/CC(C)=C(CCC)C1.CCC.CCCCCCC. The van der Waals surface area contributed by atoms with Gasteiger partial charge in [0.15, 0.2) is 0 Å². The molecule has 0 amide bonds. The summed E-state index contributed by atoms with van der Waals surface area (Å²) in [7, 11) is 0. The Morgan fingerprint density at radius 1 is 0.810 bits per heavy atom. The van der Waals surface area contributed by atoms with E-state index in [9.17, 15) is 0 Å². The molecule has 0 spiro atoms. The van der Waals surface area contributed by atoms with Crippen LogP contribution in [0.2, 0.25) is 0 Å². The van der Waals surface area contributed by atoms with Gasteiger partial charge in [-0.3, -0.25) is 0 Å². The van der Waals surface area contributed by atoms with Gasteiger partial charge in [-0.1, -0.05) is 102 Å². The van der Waals surface area contributed by atoms with Crippen LogP contribution in [0, 0.1) is 0 Å². The van der Waals surface area contributed by atoms with Crippen molar-refractivity contribution in [2.75, 3.05) is 0 Å². The summed E-state index contributed by atoms with van der Waals surface area (Å²) >= 11 is 0. The number of rotatable bonds is 6. The highest BCUT2D eigenvalue weighted by Crippen LogP contribution is 2.32. The molecule has 0 N–H and O–H groups in total. The lowest BCUT2D eigenvalue weighted by molar-refractivity contribution is 0.656. The Labute approximate surface area is 136 Å². The van der Waals surface area contributed by atoms with E-state index in [2.05, 4.69) is 54.5 Å². The molecule has 126 valence electrons. The Morgan fingerprint density at radius 2 is 1.33 bits per heavy atom. The fraction of sp³-hybridized carbons (Fsp3) is 0.810. The minimum absolute atomic E-state index is 1.24. The average Bonchev–Trinajstić information content (AvgIpc) is 2.82. The summed E-state index contributed by atoms with van der Waals surface area (Å²) in [5, 5.41) is 0. The molecule has 1 aliphatic rings. The topological polar surface area (TPSA) is 0 Å². The van der Waals surface area contributed by atoms with Crippen LogP contribution < -0.4 is 0 Å². The van der Waals surface area contributed by atoms with E-state index >= 15 is 0 Å². The van der Waals surface area contributed by atoms with Crippen LogP contribution in [0.5, 0.6) is 0 Å². The maximum absolute atomic E-state index is 2.28. The zero-order chi connectivity index (χ0) is 16.5. The van der Waals surface area contributed by atoms with E-state index in [-0.39, 0.29) is 0 Å². The molecule has 0 atom stereocenters. The van der Waals surface area contributed by atoms with Gasteiger partial charge in [0.05, 0.1) is 0 Å². The van der Waals surface area contributed by atoms with Gasteiger partial charge in [0, 0.05) is 0 Å². The van der Waals surface area contributed by atoms with E-state index in [1.807, 2.05) is 0 Å². The zero-order valence-corrected chi connectivity index (χ0v) is 16.1. The van der Waals surface area contributed by atoms with Crippen LogP contribution in [0.25, 0.3) is 0 Å². The smallest absolute Gasteiger partial charge is 0.0103 e. The molecule has 21 heavy (non-hydrogen) atoms. The lowest BCUT2D eigenvalue weighted by atomic mass is 10.1. The largest absolute Gasteiger partial charge is 0.0878 e. The first-order valence-corrected chi connectivity index (χ1v) is 9.42. The Bertz CT molecular complexity index is 264. The van der Waals surface area contributed by atoms with Crippen LogP contribution in [0.1, 0.15) is 113 Å². The zero-order valence-electron chi connectivity index (χ0n) is 16.1. The maximum atomic E-state index is 2.28. The monoisotopic (exact) mass is 294 g/mol. The van der Waals surface area contributed by atoms with Crippen molar-refractivity contribution >= 4 is 0 Å². The quantitative estimate of drug-likeness (QED) is 0.342. The van der Waals surface area contributed by atoms with E-state index in [0.717, 1.165) is 0 Å². The standard InChI is InChI=1S/C11H18.C7H16.C3H8/c1-4-6-11-8-10(5-2)7-9(11)3;1-3-5-7-6-4-2;1-3-2/h5H,4,6-8H2,1-3H3;3-7H2,1-2H3;3H2,1-2H3/b10-5-;;. The van der Waals surface area contributed by atoms with Gasteiger partial charge in [-0.25, -0.2) is 0 Å². The second kappa shape index (κ2) is 17.5. The summed E-state index contributed by atoms with van der Waals surface area (Å²) in [4.78, 5) is 0. The molecule has 0 aromatic rings. The Balaban J connectivity index is 0. The lowest BCUT2D eigenvalue weighted by Gasteiger charge is -1.98. The summed E-state index contributed by atoms with van der Waals surface area (Å²) in [5.74, 6) is 0. The van der Waals surface area contributed by atoms with Crippen LogP contribution in [0.15, 0.2) is 22.8 Å². The van der Waals surface area contributed by atoms with Crippen molar-refractivity contribution in [2.45, 2.75) is 113 Å². The van der Waals surface area contributed by atoms with Crippen LogP contribution in [0.4, 0.5) is 0 Å². The number of unbranched alkanes of at least 4 members (excludes halogenated alkanes) is 4. The molecule has 0 bridgehead atoms. The maximum Gasteiger partial charge on any atom is -0.0103 e. The highest BCUT2D eigenvalue weighted by molar-refractivity contribution is 5.31. The molecular formula is C21H42. The third-order valence-electron chi connectivity index (χ3n) is 3.70. The predicted octanol–water partition coefficient (Wildman–Crippen LogP) is 8.24. The Hall–Kier alpha value is -0.520. The van der Waals surface area contributed by atoms with Gasteiger partial charge in [-0.15, -0.1) is 0 Å². The number of hydrogen-bond acceptors (Lipinski definition) is 0. The van der Waals surface area contributed by atoms with Crippen molar-refractivity contribution in [3.63, 3.8) is 0 Å². The van der Waals surface area contributed by atoms with E-state index in [1.54, 1.807) is 16.7 Å². The van der Waals surface area contributed by atoms with Crippen molar-refractivity contribution in [2.24, 2.45) is 0 Å². The molecule has 0 fully saturated rings. The Morgan fingerprint density at radius 3 is 1.67 bits per heavy atom. The van der Waals surface area contributed by atoms with Crippen molar-refractivity contribution in [1.29, 1.82) is 0 Å². The first kappa shape index (κ1) is 22.8. The molecular weight excluding hydrogens is 252 g/mol. The second-order valence-corrected chi connectivity index (χ2v) is 6.20. The third kappa shape index (κ3) is 14.2. The second-order valence-electron chi connectivity index (χ2n) is 6.20. The van der Waals surface area contributed by atoms with E-state index in [0.29, 0.717) is 0 Å². The van der Waals surface area contributed by atoms with Crippen molar-refractivity contribution < 1.29 is 0 Å². The van der Waals surface area contributed by atoms with Crippen molar-refractivity contribution in [3.8, 4) is 0 Å². The summed E-state index contributed by atoms with van der Waals surface area (Å²) in [6.07, 6.45) is 15.6. The van der Waals surface area contributed by atoms with Crippen LogP contribution >= 0.6 is 0 Å². The molecule has 1 rings (SSSR count). The minimum Gasteiger partial charge on any atom is -0.0878 e. The summed E-state index contributed by atoms with van der Waals surface area (Å²) < 4.78 is 0. The average molecular weight is 295 g/mol. The lowest BCUT2D eigenvalue weighted by Crippen LogP contribution is -1.78. The summed E-state index contributed by atoms with van der Waals surface area (Å²) in [5.41, 5.74) is 4.94. The molecule has 0 heterocycles. The van der Waals surface area contributed by atoms with E-state index in [1.165, 1.54) is 64.2 Å². The van der Waals surface area contributed by atoms with Crippen LogP contribution in [0.3, 0.4) is 0 Å². The van der Waals surface area contributed by atoms with E-state index < -0.39 is 0 Å². The van der Waals surface area contributed by atoms with Crippen LogP contribution in [-0.2, 0) is 0 Å². The minimum atomic E-state index is 1.24. The van der Waals surface area contributed by atoms with Gasteiger partial charge < -0.3 is 0 Å². The molecule has 0 saturated carbocycles. The molecule has 1 aliphatic carbocycles. The Kier molecular flexibility index (Phi) is 19.0. The van der Waals surface area contributed by atoms with Gasteiger partial charge >= 0.3 is 0 Å². The van der Waals surface area contributed by atoms with Crippen molar-refractivity contribution in [1.82, 2.24) is 0 Å². The molecule has 0 saturated heterocycles. The van der Waals surface area contributed by atoms with Gasteiger partial charge in [-0.2, -0.15) is 0 Å². The van der Waals surface area contributed by atoms with Gasteiger partial charge in [0.25, 0.3) is 0 Å². The molecule has 0 heteroatoms. The van der Waals surface area contributed by atoms with Gasteiger partial charge in [-0.05, 0) is 33.1 Å². The first-order valence-electron chi connectivity index (χ1n) is 9.42. The molecule has 0 radical (unpaired) electrons. The molecule has 0 aromatic heterocycles. The predicted molar refractivity (Wildman–Crippen MR) is 101 cm³/mol. The van der Waals surface area contributed by atoms with Gasteiger partial charge in [0.1, 0.15) is 0 Å². The fourth-order valence-corrected chi connectivity index (χ4v) is 2.44. The summed E-state index contributed by atoms with van der Waals surface area (Å²) in [6, 6.07) is 0.